The third-order valence-corrected chi connectivity index (χ3v) is 2.24. The monoisotopic (exact) mass is 229 g/mol. The minimum atomic E-state index is -0.448. The smallest absolute Gasteiger partial charge is 0.407 e. The normalized spacial score (nSPS) is 21.8. The van der Waals surface area contributed by atoms with Crippen LogP contribution in [0.3, 0.4) is 0 Å². The quantitative estimate of drug-likeness (QED) is 0.753. The fourth-order valence-corrected chi connectivity index (χ4v) is 1.56. The van der Waals surface area contributed by atoms with Crippen molar-refractivity contribution in [1.29, 1.82) is 0 Å². The van der Waals surface area contributed by atoms with Crippen molar-refractivity contribution in [2.24, 2.45) is 5.92 Å². The molecule has 16 heavy (non-hydrogen) atoms. The van der Waals surface area contributed by atoms with Crippen molar-refractivity contribution in [3.63, 3.8) is 0 Å². The van der Waals surface area contributed by atoms with Gasteiger partial charge < -0.3 is 14.8 Å². The molecule has 0 unspecified atom stereocenters. The van der Waals surface area contributed by atoms with Gasteiger partial charge in [-0.3, -0.25) is 0 Å². The van der Waals surface area contributed by atoms with E-state index in [0.717, 1.165) is 13.0 Å². The largest absolute Gasteiger partial charge is 0.444 e. The Hall–Kier alpha value is -0.770. The van der Waals surface area contributed by atoms with Crippen molar-refractivity contribution in [2.45, 2.75) is 58.8 Å². The first-order valence-electron chi connectivity index (χ1n) is 5.89. The van der Waals surface area contributed by atoms with Gasteiger partial charge in [0.25, 0.3) is 0 Å². The van der Waals surface area contributed by atoms with Gasteiger partial charge in [0.15, 0.2) is 0 Å². The second-order valence-corrected chi connectivity index (χ2v) is 5.75. The molecule has 94 valence electrons. The summed E-state index contributed by atoms with van der Waals surface area (Å²) in [7, 11) is 0. The number of amides is 1. The summed E-state index contributed by atoms with van der Waals surface area (Å²) < 4.78 is 10.5. The maximum atomic E-state index is 11.6. The third kappa shape index (κ3) is 5.35. The molecule has 4 heteroatoms. The molecule has 2 atom stereocenters. The Bertz CT molecular complexity index is 241. The molecule has 0 spiro atoms. The predicted octanol–water partition coefficient (Wildman–Crippen LogP) is 2.32. The van der Waals surface area contributed by atoms with Gasteiger partial charge in [0.05, 0.1) is 12.6 Å². The predicted molar refractivity (Wildman–Crippen MR) is 62.4 cm³/mol. The lowest BCUT2D eigenvalue weighted by Gasteiger charge is -2.23. The topological polar surface area (TPSA) is 50.9 Å². The first-order valence-corrected chi connectivity index (χ1v) is 5.89. The van der Waals surface area contributed by atoms with E-state index in [9.17, 15) is 4.79 Å². The third-order valence-electron chi connectivity index (χ3n) is 2.24. The number of epoxide rings is 1. The van der Waals surface area contributed by atoms with E-state index in [2.05, 4.69) is 19.2 Å². The Balaban J connectivity index is 2.39. The van der Waals surface area contributed by atoms with Crippen molar-refractivity contribution >= 4 is 6.09 Å². The Kier molecular flexibility index (Phi) is 4.19. The molecule has 0 aromatic rings. The fraction of sp³-hybridized carbons (Fsp3) is 0.917. The average Bonchev–Trinajstić information content (AvgIpc) is 2.78. The van der Waals surface area contributed by atoms with Crippen LogP contribution in [0.1, 0.15) is 41.0 Å². The van der Waals surface area contributed by atoms with E-state index in [1.807, 2.05) is 20.8 Å². The second kappa shape index (κ2) is 5.04. The summed E-state index contributed by atoms with van der Waals surface area (Å²) in [4.78, 5) is 11.6. The zero-order valence-corrected chi connectivity index (χ0v) is 10.9. The van der Waals surface area contributed by atoms with Crippen molar-refractivity contribution in [1.82, 2.24) is 5.32 Å². The highest BCUT2D eigenvalue weighted by molar-refractivity contribution is 5.68. The van der Waals surface area contributed by atoms with Gasteiger partial charge in [0.1, 0.15) is 11.7 Å². The molecule has 1 N–H and O–H groups in total. The van der Waals surface area contributed by atoms with Gasteiger partial charge in [-0.15, -0.1) is 0 Å². The van der Waals surface area contributed by atoms with Crippen LogP contribution < -0.4 is 5.32 Å². The summed E-state index contributed by atoms with van der Waals surface area (Å²) >= 11 is 0. The summed E-state index contributed by atoms with van der Waals surface area (Å²) in [6, 6.07) is 0.0786. The Labute approximate surface area is 97.7 Å². The Morgan fingerprint density at radius 3 is 2.44 bits per heavy atom. The molecule has 1 amide bonds. The van der Waals surface area contributed by atoms with E-state index in [1.165, 1.54) is 0 Å². The van der Waals surface area contributed by atoms with Gasteiger partial charge in [0.2, 0.25) is 0 Å². The highest BCUT2D eigenvalue weighted by Gasteiger charge is 2.35. The maximum absolute atomic E-state index is 11.6. The van der Waals surface area contributed by atoms with Crippen molar-refractivity contribution in [3.05, 3.63) is 0 Å². The lowest BCUT2D eigenvalue weighted by molar-refractivity contribution is 0.0488. The molecule has 1 saturated heterocycles. The van der Waals surface area contributed by atoms with Crippen LogP contribution in [0.4, 0.5) is 4.79 Å². The Morgan fingerprint density at radius 1 is 1.50 bits per heavy atom. The van der Waals surface area contributed by atoms with E-state index < -0.39 is 5.60 Å². The van der Waals surface area contributed by atoms with Crippen molar-refractivity contribution < 1.29 is 14.3 Å². The standard InChI is InChI=1S/C12H23NO3/c1-8(2)6-9(10-7-15-10)13-11(14)16-12(3,4)5/h8-10H,6-7H2,1-5H3,(H,13,14)/t9-,10+/m0/s1. The number of alkyl carbamates (subject to hydrolysis) is 1. The number of carbonyl (C=O) groups excluding carboxylic acids is 1. The molecule has 4 nitrogen and oxygen atoms in total. The molecule has 1 rings (SSSR count). The second-order valence-electron chi connectivity index (χ2n) is 5.75. The fourth-order valence-electron chi connectivity index (χ4n) is 1.56. The van der Waals surface area contributed by atoms with Crippen LogP contribution in [-0.2, 0) is 9.47 Å². The van der Waals surface area contributed by atoms with Crippen LogP contribution in [0.15, 0.2) is 0 Å². The number of rotatable bonds is 4. The SMILES string of the molecule is CC(C)C[C@H](NC(=O)OC(C)(C)C)[C@H]1CO1. The number of hydrogen-bond acceptors (Lipinski definition) is 3. The summed E-state index contributed by atoms with van der Waals surface area (Å²) in [5, 5.41) is 2.88. The molecule has 1 aliphatic heterocycles. The molecular weight excluding hydrogens is 206 g/mol. The molecule has 0 saturated carbocycles. The lowest BCUT2D eigenvalue weighted by atomic mass is 10.0. The molecule has 1 heterocycles. The van der Waals surface area contributed by atoms with Crippen LogP contribution in [0, 0.1) is 5.92 Å². The van der Waals surface area contributed by atoms with Gasteiger partial charge in [0, 0.05) is 0 Å². The average molecular weight is 229 g/mol. The zero-order valence-electron chi connectivity index (χ0n) is 10.9. The number of carbonyl (C=O) groups is 1. The van der Waals surface area contributed by atoms with Crippen molar-refractivity contribution in [3.8, 4) is 0 Å². The summed E-state index contributed by atoms with van der Waals surface area (Å²) in [5.41, 5.74) is -0.448. The van der Waals surface area contributed by atoms with E-state index in [-0.39, 0.29) is 18.2 Å². The summed E-state index contributed by atoms with van der Waals surface area (Å²) in [6.07, 6.45) is 0.743. The summed E-state index contributed by atoms with van der Waals surface area (Å²) in [6.45, 7) is 10.6. The van der Waals surface area contributed by atoms with Gasteiger partial charge in [-0.1, -0.05) is 13.8 Å². The van der Waals surface area contributed by atoms with Gasteiger partial charge in [-0.25, -0.2) is 4.79 Å². The first-order chi connectivity index (χ1) is 7.28. The van der Waals surface area contributed by atoms with Gasteiger partial charge in [-0.05, 0) is 33.1 Å². The number of nitrogens with one attached hydrogen (secondary N) is 1. The van der Waals surface area contributed by atoms with E-state index in [1.54, 1.807) is 0 Å². The van der Waals surface area contributed by atoms with E-state index >= 15 is 0 Å². The molecule has 0 aromatic carbocycles. The van der Waals surface area contributed by atoms with Crippen LogP contribution in [0.25, 0.3) is 0 Å². The van der Waals surface area contributed by atoms with Crippen molar-refractivity contribution in [2.75, 3.05) is 6.61 Å². The molecular formula is C12H23NO3. The molecule has 0 radical (unpaired) electrons. The van der Waals surface area contributed by atoms with Crippen LogP contribution in [0.5, 0.6) is 0 Å². The van der Waals surface area contributed by atoms with Crippen LogP contribution in [-0.4, -0.2) is 30.4 Å². The van der Waals surface area contributed by atoms with Gasteiger partial charge >= 0.3 is 6.09 Å². The van der Waals surface area contributed by atoms with E-state index in [0.29, 0.717) is 5.92 Å². The molecule has 0 aliphatic carbocycles. The number of hydrogen-bond donors (Lipinski definition) is 1. The highest BCUT2D eigenvalue weighted by atomic mass is 16.6. The first kappa shape index (κ1) is 13.3. The minimum Gasteiger partial charge on any atom is -0.444 e. The molecule has 1 fully saturated rings. The molecule has 0 aromatic heterocycles. The van der Waals surface area contributed by atoms with Gasteiger partial charge in [-0.2, -0.15) is 0 Å². The molecule has 0 bridgehead atoms. The van der Waals surface area contributed by atoms with Crippen LogP contribution in [0.2, 0.25) is 0 Å². The van der Waals surface area contributed by atoms with Crippen LogP contribution >= 0.6 is 0 Å². The lowest BCUT2D eigenvalue weighted by Crippen LogP contribution is -2.42. The zero-order chi connectivity index (χ0) is 12.3. The number of ether oxygens (including phenoxy) is 2. The molecule has 1 aliphatic rings. The maximum Gasteiger partial charge on any atom is 0.407 e. The van der Waals surface area contributed by atoms with E-state index in [4.69, 9.17) is 9.47 Å². The Morgan fingerprint density at radius 2 is 2.06 bits per heavy atom. The minimum absolute atomic E-state index is 0.0786. The summed E-state index contributed by atoms with van der Waals surface area (Å²) in [5.74, 6) is 0.532. The highest BCUT2D eigenvalue weighted by Crippen LogP contribution is 2.20.